The molecule has 1 fully saturated rings. The first kappa shape index (κ1) is 23.6. The molecule has 3 rings (SSSR count). The molecule has 0 saturated carbocycles. The van der Waals surface area contributed by atoms with Gasteiger partial charge in [0.15, 0.2) is 5.11 Å². The lowest BCUT2D eigenvalue weighted by Crippen LogP contribution is -2.34. The molecule has 0 unspecified atom stereocenters. The lowest BCUT2D eigenvalue weighted by Gasteiger charge is -2.16. The lowest BCUT2D eigenvalue weighted by molar-refractivity contribution is 0.0973. The molecule has 0 atom stereocenters. The van der Waals surface area contributed by atoms with Gasteiger partial charge in [-0.2, -0.15) is 4.31 Å². The molecule has 2 N–H and O–H groups in total. The molecule has 1 amide bonds. The summed E-state index contributed by atoms with van der Waals surface area (Å²) in [6, 6.07) is 11.5. The standard InChI is InChI=1S/C21H24BrN3O4S2/c1-2-13-29-19-10-5-15(22)14-18(19)20(26)24-21(30)23-16-6-8-17(9-7-16)31(27,28)25-11-3-4-12-25/h5-10,14H,2-4,11-13H2,1H3,(H2,23,24,26,30). The van der Waals surface area contributed by atoms with E-state index < -0.39 is 15.9 Å². The fraction of sp³-hybridized carbons (Fsp3) is 0.333. The van der Waals surface area contributed by atoms with E-state index >= 15 is 0 Å². The molecule has 7 nitrogen and oxygen atoms in total. The maximum Gasteiger partial charge on any atom is 0.261 e. The van der Waals surface area contributed by atoms with Crippen molar-refractivity contribution in [1.82, 2.24) is 9.62 Å². The molecule has 31 heavy (non-hydrogen) atoms. The zero-order chi connectivity index (χ0) is 22.4. The number of thiocarbonyl (C=S) groups is 1. The normalized spacial score (nSPS) is 14.3. The molecule has 1 saturated heterocycles. The fourth-order valence-corrected chi connectivity index (χ4v) is 5.23. The second-order valence-corrected chi connectivity index (χ2v) is 10.3. The van der Waals surface area contributed by atoms with Crippen molar-refractivity contribution >= 4 is 54.9 Å². The number of nitrogens with zero attached hydrogens (tertiary/aromatic N) is 1. The number of carbonyl (C=O) groups is 1. The van der Waals surface area contributed by atoms with E-state index in [1.165, 1.54) is 16.4 Å². The van der Waals surface area contributed by atoms with Crippen molar-refractivity contribution in [1.29, 1.82) is 0 Å². The second-order valence-electron chi connectivity index (χ2n) is 7.03. The highest BCUT2D eigenvalue weighted by molar-refractivity contribution is 9.10. The Morgan fingerprint density at radius 3 is 2.48 bits per heavy atom. The molecule has 0 spiro atoms. The van der Waals surface area contributed by atoms with E-state index in [1.807, 2.05) is 6.92 Å². The first-order valence-corrected chi connectivity index (χ1v) is 12.6. The van der Waals surface area contributed by atoms with Crippen LogP contribution in [0.1, 0.15) is 36.5 Å². The van der Waals surface area contributed by atoms with Crippen LogP contribution in [0.3, 0.4) is 0 Å². The predicted molar refractivity (Wildman–Crippen MR) is 128 cm³/mol. The molecule has 0 aromatic heterocycles. The van der Waals surface area contributed by atoms with Crippen LogP contribution in [0.4, 0.5) is 5.69 Å². The number of hydrogen-bond donors (Lipinski definition) is 2. The van der Waals surface area contributed by atoms with Gasteiger partial charge in [0.05, 0.1) is 17.1 Å². The Morgan fingerprint density at radius 2 is 1.84 bits per heavy atom. The van der Waals surface area contributed by atoms with Gasteiger partial charge in [0, 0.05) is 23.2 Å². The molecule has 0 aliphatic carbocycles. The first-order chi connectivity index (χ1) is 14.8. The number of carbonyl (C=O) groups excluding carboxylic acids is 1. The summed E-state index contributed by atoms with van der Waals surface area (Å²) in [5, 5.41) is 5.64. The molecule has 1 aliphatic rings. The van der Waals surface area contributed by atoms with Crippen molar-refractivity contribution in [2.24, 2.45) is 0 Å². The number of halogens is 1. The van der Waals surface area contributed by atoms with Gasteiger partial charge >= 0.3 is 0 Å². The maximum atomic E-state index is 12.7. The molecule has 10 heteroatoms. The number of hydrogen-bond acceptors (Lipinski definition) is 5. The van der Waals surface area contributed by atoms with Crippen molar-refractivity contribution in [3.05, 3.63) is 52.5 Å². The van der Waals surface area contributed by atoms with Crippen LogP contribution in [0.5, 0.6) is 5.75 Å². The van der Waals surface area contributed by atoms with Gasteiger partial charge in [-0.1, -0.05) is 22.9 Å². The summed E-state index contributed by atoms with van der Waals surface area (Å²) in [4.78, 5) is 12.9. The van der Waals surface area contributed by atoms with Crippen LogP contribution in [0, 0.1) is 0 Å². The van der Waals surface area contributed by atoms with E-state index in [1.54, 1.807) is 30.3 Å². The average Bonchev–Trinajstić information content (AvgIpc) is 3.29. The van der Waals surface area contributed by atoms with Crippen molar-refractivity contribution in [2.75, 3.05) is 25.0 Å². The molecular weight excluding hydrogens is 502 g/mol. The number of sulfonamides is 1. The minimum atomic E-state index is -3.47. The van der Waals surface area contributed by atoms with E-state index in [0.717, 1.165) is 23.7 Å². The van der Waals surface area contributed by atoms with E-state index in [2.05, 4.69) is 26.6 Å². The molecule has 0 radical (unpaired) electrons. The van der Waals surface area contributed by atoms with E-state index in [0.29, 0.717) is 36.7 Å². The smallest absolute Gasteiger partial charge is 0.261 e. The number of amides is 1. The summed E-state index contributed by atoms with van der Waals surface area (Å²) < 4.78 is 33.1. The highest BCUT2D eigenvalue weighted by Crippen LogP contribution is 2.24. The Kier molecular flexibility index (Phi) is 8.04. The predicted octanol–water partition coefficient (Wildman–Crippen LogP) is 4.15. The number of ether oxygens (including phenoxy) is 1. The van der Waals surface area contributed by atoms with Gasteiger partial charge in [0.2, 0.25) is 10.0 Å². The zero-order valence-corrected chi connectivity index (χ0v) is 20.3. The van der Waals surface area contributed by atoms with Crippen molar-refractivity contribution in [3.63, 3.8) is 0 Å². The van der Waals surface area contributed by atoms with Gasteiger partial charge in [-0.25, -0.2) is 8.42 Å². The third-order valence-electron chi connectivity index (χ3n) is 4.69. The summed E-state index contributed by atoms with van der Waals surface area (Å²) in [5.41, 5.74) is 0.932. The summed E-state index contributed by atoms with van der Waals surface area (Å²) in [7, 11) is -3.47. The molecular formula is C21H24BrN3O4S2. The summed E-state index contributed by atoms with van der Waals surface area (Å²) >= 11 is 8.61. The quantitative estimate of drug-likeness (QED) is 0.528. The Labute approximate surface area is 196 Å². The number of benzene rings is 2. The molecule has 2 aromatic rings. The third kappa shape index (κ3) is 6.03. The second kappa shape index (κ2) is 10.5. The molecule has 1 heterocycles. The zero-order valence-electron chi connectivity index (χ0n) is 17.1. The Bertz CT molecular complexity index is 1050. The number of nitrogens with one attached hydrogen (secondary N) is 2. The van der Waals surface area contributed by atoms with Gasteiger partial charge < -0.3 is 10.1 Å². The Morgan fingerprint density at radius 1 is 1.16 bits per heavy atom. The van der Waals surface area contributed by atoms with Crippen LogP contribution in [-0.4, -0.2) is 43.4 Å². The monoisotopic (exact) mass is 525 g/mol. The molecule has 0 bridgehead atoms. The van der Waals surface area contributed by atoms with Crippen LogP contribution in [0.25, 0.3) is 0 Å². The average molecular weight is 526 g/mol. The lowest BCUT2D eigenvalue weighted by atomic mass is 10.2. The highest BCUT2D eigenvalue weighted by atomic mass is 79.9. The first-order valence-electron chi connectivity index (χ1n) is 9.96. The van der Waals surface area contributed by atoms with Gasteiger partial charge in [-0.3, -0.25) is 10.1 Å². The fourth-order valence-electron chi connectivity index (χ4n) is 3.14. The highest BCUT2D eigenvalue weighted by Gasteiger charge is 2.27. The van der Waals surface area contributed by atoms with Gasteiger partial charge in [0.25, 0.3) is 5.91 Å². The maximum absolute atomic E-state index is 12.7. The van der Waals surface area contributed by atoms with Crippen LogP contribution in [0.15, 0.2) is 51.8 Å². The van der Waals surface area contributed by atoms with E-state index in [-0.39, 0.29) is 10.0 Å². The number of anilines is 1. The summed E-state index contributed by atoms with van der Waals surface area (Å²) in [6.45, 7) is 3.59. The third-order valence-corrected chi connectivity index (χ3v) is 7.30. The van der Waals surface area contributed by atoms with Crippen LogP contribution in [-0.2, 0) is 10.0 Å². The van der Waals surface area contributed by atoms with E-state index in [4.69, 9.17) is 17.0 Å². The van der Waals surface area contributed by atoms with Crippen LogP contribution >= 0.6 is 28.1 Å². The van der Waals surface area contributed by atoms with Crippen LogP contribution in [0.2, 0.25) is 0 Å². The van der Waals surface area contributed by atoms with Crippen molar-refractivity contribution in [3.8, 4) is 5.75 Å². The largest absolute Gasteiger partial charge is 0.493 e. The minimum Gasteiger partial charge on any atom is -0.493 e. The molecule has 166 valence electrons. The molecule has 1 aliphatic heterocycles. The summed E-state index contributed by atoms with van der Waals surface area (Å²) in [5.74, 6) is 0.0694. The SMILES string of the molecule is CCCOc1ccc(Br)cc1C(=O)NC(=S)Nc1ccc(S(=O)(=O)N2CCCC2)cc1. The molecule has 2 aromatic carbocycles. The minimum absolute atomic E-state index is 0.0987. The number of rotatable bonds is 7. The van der Waals surface area contributed by atoms with Gasteiger partial charge in [0.1, 0.15) is 5.75 Å². The van der Waals surface area contributed by atoms with Crippen molar-refractivity contribution in [2.45, 2.75) is 31.1 Å². The van der Waals surface area contributed by atoms with Crippen LogP contribution < -0.4 is 15.4 Å². The topological polar surface area (TPSA) is 87.7 Å². The van der Waals surface area contributed by atoms with Gasteiger partial charge in [-0.05, 0) is 73.9 Å². The van der Waals surface area contributed by atoms with E-state index in [9.17, 15) is 13.2 Å². The summed E-state index contributed by atoms with van der Waals surface area (Å²) in [6.07, 6.45) is 2.59. The van der Waals surface area contributed by atoms with Gasteiger partial charge in [-0.15, -0.1) is 0 Å². The Hall–Kier alpha value is -2.01. The Balaban J connectivity index is 1.64. The van der Waals surface area contributed by atoms with Crippen molar-refractivity contribution < 1.29 is 17.9 Å².